The lowest BCUT2D eigenvalue weighted by atomic mass is 10.1. The summed E-state index contributed by atoms with van der Waals surface area (Å²) >= 11 is 0. The lowest BCUT2D eigenvalue weighted by Crippen LogP contribution is -2.52. The van der Waals surface area contributed by atoms with Gasteiger partial charge in [-0.3, -0.25) is 0 Å². The zero-order chi connectivity index (χ0) is 15.6. The maximum Gasteiger partial charge on any atom is 0.246 e. The highest BCUT2D eigenvalue weighted by molar-refractivity contribution is 7.89. The third kappa shape index (κ3) is 3.31. The van der Waals surface area contributed by atoms with Crippen LogP contribution in [0.5, 0.6) is 0 Å². The molecule has 1 aliphatic heterocycles. The molecule has 7 heteroatoms. The monoisotopic (exact) mass is 315 g/mol. The summed E-state index contributed by atoms with van der Waals surface area (Å²) in [7, 11) is 0.380. The fourth-order valence-electron chi connectivity index (χ4n) is 2.76. The average molecular weight is 315 g/mol. The first kappa shape index (κ1) is 16.5. The van der Waals surface area contributed by atoms with E-state index < -0.39 is 10.0 Å². The number of rotatable bonds is 5. The highest BCUT2D eigenvalue weighted by Crippen LogP contribution is 2.26. The molecular formula is C14H25N3O3S. The summed E-state index contributed by atoms with van der Waals surface area (Å²) in [4.78, 5) is 2.52. The highest BCUT2D eigenvalue weighted by atomic mass is 32.2. The maximum atomic E-state index is 12.8. The molecule has 0 radical (unpaired) electrons. The molecular weight excluding hydrogens is 290 g/mol. The van der Waals surface area contributed by atoms with Crippen LogP contribution in [0.4, 0.5) is 0 Å². The van der Waals surface area contributed by atoms with Crippen molar-refractivity contribution in [1.82, 2.24) is 14.5 Å². The van der Waals surface area contributed by atoms with Crippen LogP contribution in [0.25, 0.3) is 0 Å². The van der Waals surface area contributed by atoms with Crippen molar-refractivity contribution in [2.45, 2.75) is 37.8 Å². The van der Waals surface area contributed by atoms with Gasteiger partial charge in [-0.05, 0) is 27.4 Å². The number of hydrogen-bond donors (Lipinski definition) is 1. The molecule has 2 rings (SSSR count). The minimum Gasteiger partial charge on any atom is -0.464 e. The van der Waals surface area contributed by atoms with Crippen molar-refractivity contribution in [1.29, 1.82) is 0 Å². The van der Waals surface area contributed by atoms with Gasteiger partial charge in [-0.15, -0.1) is 0 Å². The first-order valence-electron chi connectivity index (χ1n) is 7.34. The molecule has 1 saturated heterocycles. The van der Waals surface area contributed by atoms with Crippen molar-refractivity contribution in [3.63, 3.8) is 0 Å². The van der Waals surface area contributed by atoms with Crippen LogP contribution >= 0.6 is 0 Å². The topological polar surface area (TPSA) is 65.8 Å². The van der Waals surface area contributed by atoms with Crippen molar-refractivity contribution in [2.75, 3.05) is 33.7 Å². The highest BCUT2D eigenvalue weighted by Gasteiger charge is 2.34. The number of furan rings is 1. The number of sulfonamides is 1. The third-order valence-electron chi connectivity index (χ3n) is 4.10. The number of piperazine rings is 1. The molecule has 0 aliphatic carbocycles. The zero-order valence-electron chi connectivity index (χ0n) is 13.2. The van der Waals surface area contributed by atoms with Crippen LogP contribution in [0.2, 0.25) is 0 Å². The van der Waals surface area contributed by atoms with E-state index in [4.69, 9.17) is 4.42 Å². The third-order valence-corrected chi connectivity index (χ3v) is 6.08. The van der Waals surface area contributed by atoms with Crippen molar-refractivity contribution in [2.24, 2.45) is 0 Å². The van der Waals surface area contributed by atoms with Crippen LogP contribution in [0.1, 0.15) is 24.9 Å². The lowest BCUT2D eigenvalue weighted by Gasteiger charge is -2.38. The standard InChI is InChI=1S/C14H25N3O3S/c1-5-12-10-17(7-6-16(12)4)21(18,19)14-8-13(9-15-3)20-11(14)2/h8,12,15H,5-7,9-10H2,1-4H3. The molecule has 1 N–H and O–H groups in total. The van der Waals surface area contributed by atoms with Gasteiger partial charge in [0.25, 0.3) is 0 Å². The summed E-state index contributed by atoms with van der Waals surface area (Å²) < 4.78 is 32.8. The van der Waals surface area contributed by atoms with Gasteiger partial charge in [0.05, 0.1) is 6.54 Å². The Morgan fingerprint density at radius 3 is 2.76 bits per heavy atom. The predicted octanol–water partition coefficient (Wildman–Crippen LogP) is 1.02. The predicted molar refractivity (Wildman–Crippen MR) is 81.7 cm³/mol. The second-order valence-corrected chi connectivity index (χ2v) is 7.48. The van der Waals surface area contributed by atoms with Crippen LogP contribution in [-0.2, 0) is 16.6 Å². The summed E-state index contributed by atoms with van der Waals surface area (Å²) in [5.41, 5.74) is 0. The zero-order valence-corrected chi connectivity index (χ0v) is 14.0. The van der Waals surface area contributed by atoms with Gasteiger partial charge in [-0.1, -0.05) is 6.92 Å². The van der Waals surface area contributed by atoms with Gasteiger partial charge in [0.2, 0.25) is 10.0 Å². The van der Waals surface area contributed by atoms with E-state index >= 15 is 0 Å². The fourth-order valence-corrected chi connectivity index (χ4v) is 4.41. The Morgan fingerprint density at radius 2 is 2.14 bits per heavy atom. The van der Waals surface area contributed by atoms with E-state index in [0.29, 0.717) is 36.1 Å². The smallest absolute Gasteiger partial charge is 0.246 e. The second-order valence-electron chi connectivity index (χ2n) is 5.57. The van der Waals surface area contributed by atoms with E-state index in [1.165, 1.54) is 0 Å². The lowest BCUT2D eigenvalue weighted by molar-refractivity contribution is 0.144. The van der Waals surface area contributed by atoms with Crippen molar-refractivity contribution >= 4 is 10.0 Å². The second kappa shape index (κ2) is 6.48. The van der Waals surface area contributed by atoms with E-state index in [2.05, 4.69) is 17.1 Å². The molecule has 6 nitrogen and oxygen atoms in total. The Labute approximate surface area is 127 Å². The normalized spacial score (nSPS) is 21.8. The molecule has 1 aromatic heterocycles. The number of hydrogen-bond acceptors (Lipinski definition) is 5. The first-order valence-corrected chi connectivity index (χ1v) is 8.78. The molecule has 1 aliphatic rings. The quantitative estimate of drug-likeness (QED) is 0.879. The SMILES string of the molecule is CCC1CN(S(=O)(=O)c2cc(CNC)oc2C)CCN1C. The first-order chi connectivity index (χ1) is 9.90. The van der Waals surface area contributed by atoms with Gasteiger partial charge in [-0.25, -0.2) is 8.42 Å². The molecule has 1 unspecified atom stereocenters. The van der Waals surface area contributed by atoms with Crippen LogP contribution in [0.3, 0.4) is 0 Å². The Balaban J connectivity index is 2.25. The molecule has 0 amide bonds. The van der Waals surface area contributed by atoms with Crippen LogP contribution < -0.4 is 5.32 Å². The van der Waals surface area contributed by atoms with Gasteiger partial charge in [0.15, 0.2) is 0 Å². The Kier molecular flexibility index (Phi) is 5.08. The largest absolute Gasteiger partial charge is 0.464 e. The van der Waals surface area contributed by atoms with Crippen molar-refractivity contribution in [3.05, 3.63) is 17.6 Å². The number of likely N-dealkylation sites (N-methyl/N-ethyl adjacent to an activating group) is 1. The molecule has 1 fully saturated rings. The Morgan fingerprint density at radius 1 is 1.43 bits per heavy atom. The van der Waals surface area contributed by atoms with E-state index in [9.17, 15) is 8.42 Å². The molecule has 120 valence electrons. The molecule has 0 spiro atoms. The summed E-state index contributed by atoms with van der Waals surface area (Å²) in [6.45, 7) is 6.15. The number of aryl methyl sites for hydroxylation is 1. The summed E-state index contributed by atoms with van der Waals surface area (Å²) in [6, 6.07) is 1.91. The van der Waals surface area contributed by atoms with Gasteiger partial charge >= 0.3 is 0 Å². The number of nitrogens with zero attached hydrogens (tertiary/aromatic N) is 2. The minimum absolute atomic E-state index is 0.275. The molecule has 2 heterocycles. The van der Waals surface area contributed by atoms with Gasteiger partial charge in [0, 0.05) is 31.7 Å². The summed E-state index contributed by atoms with van der Waals surface area (Å²) in [5.74, 6) is 1.11. The minimum atomic E-state index is -3.47. The van der Waals surface area contributed by atoms with Gasteiger partial charge in [-0.2, -0.15) is 4.31 Å². The molecule has 0 aromatic carbocycles. The van der Waals surface area contributed by atoms with E-state index in [0.717, 1.165) is 13.0 Å². The van der Waals surface area contributed by atoms with Crippen molar-refractivity contribution in [3.8, 4) is 0 Å². The number of nitrogens with one attached hydrogen (secondary N) is 1. The fraction of sp³-hybridized carbons (Fsp3) is 0.714. The Bertz CT molecular complexity index is 582. The van der Waals surface area contributed by atoms with E-state index in [1.54, 1.807) is 24.3 Å². The van der Waals surface area contributed by atoms with Crippen LogP contribution in [0, 0.1) is 6.92 Å². The molecule has 1 atom stereocenters. The summed E-state index contributed by atoms with van der Waals surface area (Å²) in [5, 5.41) is 2.97. The van der Waals surface area contributed by atoms with Gasteiger partial charge in [0.1, 0.15) is 16.4 Å². The van der Waals surface area contributed by atoms with E-state index in [1.807, 2.05) is 7.05 Å². The van der Waals surface area contributed by atoms with Crippen LogP contribution in [0.15, 0.2) is 15.4 Å². The molecule has 1 aromatic rings. The van der Waals surface area contributed by atoms with Crippen LogP contribution in [-0.4, -0.2) is 57.4 Å². The average Bonchev–Trinajstić information content (AvgIpc) is 2.81. The van der Waals surface area contributed by atoms with E-state index in [-0.39, 0.29) is 6.04 Å². The Hall–Kier alpha value is -0.890. The molecule has 0 bridgehead atoms. The molecule has 21 heavy (non-hydrogen) atoms. The maximum absolute atomic E-state index is 12.8. The summed E-state index contributed by atoms with van der Waals surface area (Å²) in [6.07, 6.45) is 0.942. The van der Waals surface area contributed by atoms with Crippen molar-refractivity contribution < 1.29 is 12.8 Å². The molecule has 0 saturated carbocycles. The van der Waals surface area contributed by atoms with Gasteiger partial charge < -0.3 is 14.6 Å².